The number of sulfone groups is 1. The van der Waals surface area contributed by atoms with Crippen LogP contribution in [0.25, 0.3) is 6.08 Å². The Labute approximate surface area is 124 Å². The fourth-order valence-corrected chi connectivity index (χ4v) is 3.23. The highest BCUT2D eigenvalue weighted by molar-refractivity contribution is 7.91. The maximum atomic E-state index is 11.6. The van der Waals surface area contributed by atoms with Gasteiger partial charge < -0.3 is 5.32 Å². The van der Waals surface area contributed by atoms with Crippen molar-refractivity contribution < 1.29 is 13.2 Å². The molecule has 1 rings (SSSR count). The van der Waals surface area contributed by atoms with Crippen LogP contribution in [0, 0.1) is 0 Å². The number of hydrogen-bond donors (Lipinski definition) is 1. The number of nitrogens with one attached hydrogen (secondary N) is 1. The van der Waals surface area contributed by atoms with Crippen molar-refractivity contribution in [3.05, 3.63) is 41.6 Å². The van der Waals surface area contributed by atoms with E-state index < -0.39 is 9.84 Å². The highest BCUT2D eigenvalue weighted by Gasteiger charge is 2.12. The molecule has 0 spiro atoms. The molecule has 0 fully saturated rings. The molecule has 0 unspecified atom stereocenters. The Hall–Kier alpha value is -1.33. The topological polar surface area (TPSA) is 63.2 Å². The van der Waals surface area contributed by atoms with Gasteiger partial charge >= 0.3 is 0 Å². The zero-order chi connectivity index (χ0) is 15.0. The van der Waals surface area contributed by atoms with Crippen molar-refractivity contribution in [1.29, 1.82) is 0 Å². The van der Waals surface area contributed by atoms with Crippen LogP contribution in [0.4, 0.5) is 0 Å². The first-order valence-corrected chi connectivity index (χ1v) is 8.58. The van der Waals surface area contributed by atoms with Crippen molar-refractivity contribution in [3.63, 3.8) is 0 Å². The third kappa shape index (κ3) is 6.73. The van der Waals surface area contributed by atoms with Crippen LogP contribution in [0.15, 0.2) is 36.0 Å². The van der Waals surface area contributed by atoms with Crippen LogP contribution in [0.5, 0.6) is 0 Å². The van der Waals surface area contributed by atoms with Crippen LogP contribution in [0.3, 0.4) is 0 Å². The molecule has 0 aliphatic heterocycles. The summed E-state index contributed by atoms with van der Waals surface area (Å²) in [6.07, 6.45) is 1.77. The second kappa shape index (κ2) is 8.07. The van der Waals surface area contributed by atoms with E-state index in [1.807, 2.05) is 36.4 Å². The van der Waals surface area contributed by atoms with Gasteiger partial charge in [0.2, 0.25) is 5.91 Å². The molecule has 1 amide bonds. The predicted molar refractivity (Wildman–Crippen MR) is 82.2 cm³/mol. The fraction of sp³-hybridized carbons (Fsp3) is 0.357. The second-order valence-electron chi connectivity index (χ2n) is 4.38. The van der Waals surface area contributed by atoms with Crippen LogP contribution >= 0.6 is 11.6 Å². The lowest BCUT2D eigenvalue weighted by atomic mass is 10.2. The third-order valence-electron chi connectivity index (χ3n) is 2.55. The maximum absolute atomic E-state index is 11.6. The number of hydrogen-bond acceptors (Lipinski definition) is 3. The highest BCUT2D eigenvalue weighted by atomic mass is 35.5. The molecule has 1 N–H and O–H groups in total. The lowest BCUT2D eigenvalue weighted by Crippen LogP contribution is -2.25. The van der Waals surface area contributed by atoms with E-state index in [2.05, 4.69) is 5.32 Å². The Bertz CT molecular complexity index is 567. The van der Waals surface area contributed by atoms with Gasteiger partial charge in [0.15, 0.2) is 9.84 Å². The average Bonchev–Trinajstić information content (AvgIpc) is 2.37. The van der Waals surface area contributed by atoms with Gasteiger partial charge in [-0.3, -0.25) is 4.79 Å². The van der Waals surface area contributed by atoms with E-state index in [0.717, 1.165) is 5.56 Å². The Kier molecular flexibility index (Phi) is 6.75. The molecule has 0 aliphatic rings. The third-order valence-corrected chi connectivity index (χ3v) is 4.61. The molecule has 0 saturated heterocycles. The first-order chi connectivity index (χ1) is 9.43. The summed E-state index contributed by atoms with van der Waals surface area (Å²) in [7, 11) is -3.23. The molecule has 6 heteroatoms. The number of halogens is 1. The van der Waals surface area contributed by atoms with Crippen LogP contribution in [-0.4, -0.2) is 31.7 Å². The normalized spacial score (nSPS) is 12.2. The van der Waals surface area contributed by atoms with Crippen LogP contribution in [0.2, 0.25) is 0 Å². The summed E-state index contributed by atoms with van der Waals surface area (Å²) in [5.41, 5.74) is 1.65. The van der Waals surface area contributed by atoms with Gasteiger partial charge in [0, 0.05) is 18.0 Å². The largest absolute Gasteiger partial charge is 0.330 e. The van der Waals surface area contributed by atoms with E-state index in [-0.39, 0.29) is 29.7 Å². The molecule has 0 saturated carbocycles. The lowest BCUT2D eigenvalue weighted by Gasteiger charge is -2.06. The summed E-state index contributed by atoms with van der Waals surface area (Å²) in [6.45, 7) is 1.76. The summed E-state index contributed by atoms with van der Waals surface area (Å²) in [4.78, 5) is 11.6. The summed E-state index contributed by atoms with van der Waals surface area (Å²) >= 11 is 5.39. The number of alkyl halides is 1. The maximum Gasteiger partial charge on any atom is 0.225 e. The summed E-state index contributed by atoms with van der Waals surface area (Å²) in [5.74, 6) is -0.533. The second-order valence-corrected chi connectivity index (χ2v) is 7.06. The number of carbonyl (C=O) groups is 1. The Balaban J connectivity index is 2.49. The molecule has 0 radical (unpaired) electrons. The van der Waals surface area contributed by atoms with Gasteiger partial charge in [-0.15, -0.1) is 11.6 Å². The van der Waals surface area contributed by atoms with Crippen LogP contribution in [-0.2, 0) is 14.6 Å². The van der Waals surface area contributed by atoms with Crippen molar-refractivity contribution >= 4 is 33.4 Å². The number of benzene rings is 1. The van der Waals surface area contributed by atoms with Crippen molar-refractivity contribution in [2.24, 2.45) is 0 Å². The Morgan fingerprint density at radius 1 is 1.25 bits per heavy atom. The van der Waals surface area contributed by atoms with E-state index in [9.17, 15) is 13.2 Å². The minimum absolute atomic E-state index is 0.0525. The van der Waals surface area contributed by atoms with Crippen molar-refractivity contribution in [1.82, 2.24) is 5.32 Å². The smallest absolute Gasteiger partial charge is 0.225 e. The summed E-state index contributed by atoms with van der Waals surface area (Å²) < 4.78 is 22.9. The van der Waals surface area contributed by atoms with Gasteiger partial charge in [0.25, 0.3) is 0 Å². The van der Waals surface area contributed by atoms with Crippen LogP contribution < -0.4 is 5.32 Å². The quantitative estimate of drug-likeness (QED) is 0.785. The zero-order valence-corrected chi connectivity index (χ0v) is 12.9. The molecular weight excluding hydrogens is 298 g/mol. The first-order valence-electron chi connectivity index (χ1n) is 6.22. The average molecular weight is 316 g/mol. The van der Waals surface area contributed by atoms with E-state index in [0.29, 0.717) is 5.70 Å². The van der Waals surface area contributed by atoms with Gasteiger partial charge in [0.1, 0.15) is 0 Å². The van der Waals surface area contributed by atoms with Crippen LogP contribution in [0.1, 0.15) is 18.9 Å². The number of carbonyl (C=O) groups excluding carboxylic acids is 1. The Morgan fingerprint density at radius 3 is 2.50 bits per heavy atom. The van der Waals surface area contributed by atoms with E-state index in [1.54, 1.807) is 6.92 Å². The standard InChI is InChI=1S/C14H18ClNO3S/c1-12(11-13-5-3-2-4-6-13)16-14(17)7-9-20(18,19)10-8-15/h2-6,11H,7-10H2,1H3,(H,16,17). The van der Waals surface area contributed by atoms with Crippen molar-refractivity contribution in [2.75, 3.05) is 17.4 Å². The Morgan fingerprint density at radius 2 is 1.90 bits per heavy atom. The molecule has 0 heterocycles. The van der Waals surface area contributed by atoms with Crippen molar-refractivity contribution in [2.45, 2.75) is 13.3 Å². The molecule has 1 aromatic carbocycles. The molecule has 110 valence electrons. The predicted octanol–water partition coefficient (Wildman–Crippen LogP) is 2.21. The summed E-state index contributed by atoms with van der Waals surface area (Å²) in [5, 5.41) is 2.67. The fourth-order valence-electron chi connectivity index (χ4n) is 1.59. The van der Waals surface area contributed by atoms with E-state index in [4.69, 9.17) is 11.6 Å². The number of rotatable bonds is 7. The van der Waals surface area contributed by atoms with Crippen molar-refractivity contribution in [3.8, 4) is 0 Å². The van der Waals surface area contributed by atoms with Gasteiger partial charge in [-0.2, -0.15) is 0 Å². The molecule has 0 aromatic heterocycles. The van der Waals surface area contributed by atoms with E-state index >= 15 is 0 Å². The molecule has 0 atom stereocenters. The van der Waals surface area contributed by atoms with Gasteiger partial charge in [-0.05, 0) is 18.6 Å². The molecule has 1 aromatic rings. The lowest BCUT2D eigenvalue weighted by molar-refractivity contribution is -0.119. The van der Waals surface area contributed by atoms with Gasteiger partial charge in [-0.1, -0.05) is 30.3 Å². The van der Waals surface area contributed by atoms with Gasteiger partial charge in [-0.25, -0.2) is 8.42 Å². The highest BCUT2D eigenvalue weighted by Crippen LogP contribution is 2.04. The molecule has 4 nitrogen and oxygen atoms in total. The number of amides is 1. The SMILES string of the molecule is CC(=Cc1ccccc1)NC(=O)CCS(=O)(=O)CCCl. The zero-order valence-electron chi connectivity index (χ0n) is 11.3. The summed E-state index contributed by atoms with van der Waals surface area (Å²) in [6, 6.07) is 9.55. The minimum atomic E-state index is -3.23. The monoisotopic (exact) mass is 315 g/mol. The molecule has 0 bridgehead atoms. The van der Waals surface area contributed by atoms with Gasteiger partial charge in [0.05, 0.1) is 11.5 Å². The molecule has 20 heavy (non-hydrogen) atoms. The molecule has 0 aliphatic carbocycles. The number of allylic oxidation sites excluding steroid dienone is 1. The first kappa shape index (κ1) is 16.7. The minimum Gasteiger partial charge on any atom is -0.330 e. The molecular formula is C14H18ClNO3S. The van der Waals surface area contributed by atoms with E-state index in [1.165, 1.54) is 0 Å².